The second-order valence-electron chi connectivity index (χ2n) is 17.8. The van der Waals surface area contributed by atoms with Gasteiger partial charge >= 0.3 is 5.97 Å². The largest absolute Gasteiger partial charge is 0.478 e. The first kappa shape index (κ1) is 56.8. The third-order valence-electron chi connectivity index (χ3n) is 11.9. The highest BCUT2D eigenvalue weighted by Crippen LogP contribution is 2.41. The highest BCUT2D eigenvalue weighted by molar-refractivity contribution is 7.19. The highest BCUT2D eigenvalue weighted by Gasteiger charge is 2.33. The zero-order chi connectivity index (χ0) is 56.8. The molecule has 80 heavy (non-hydrogen) atoms. The van der Waals surface area contributed by atoms with E-state index >= 15 is 0 Å². The third kappa shape index (κ3) is 13.1. The van der Waals surface area contributed by atoms with Crippen molar-refractivity contribution >= 4 is 115 Å². The van der Waals surface area contributed by atoms with Gasteiger partial charge in [0.05, 0.1) is 52.8 Å². The molecule has 8 N–H and O–H groups in total. The van der Waals surface area contributed by atoms with Gasteiger partial charge in [-0.2, -0.15) is 0 Å². The van der Waals surface area contributed by atoms with Crippen molar-refractivity contribution in [3.05, 3.63) is 124 Å². The number of pyridine rings is 1. The molecule has 1 aliphatic heterocycles. The Hall–Kier alpha value is -7.90. The number of rotatable bonds is 11. The summed E-state index contributed by atoms with van der Waals surface area (Å²) in [6, 6.07) is 9.35. The molecule has 4 atom stereocenters. The molecule has 7 aromatic heterocycles. The number of nitrogens with one attached hydrogen (secondary N) is 6. The van der Waals surface area contributed by atoms with E-state index in [1.807, 2.05) is 13.8 Å². The number of aromatic nitrogens is 7. The topological polar surface area (TPSA) is 332 Å². The Morgan fingerprint density at radius 2 is 1.51 bits per heavy atom. The lowest BCUT2D eigenvalue weighted by atomic mass is 10.0. The maximum Gasteiger partial charge on any atom is 0.328 e. The molecule has 412 valence electrons. The Labute approximate surface area is 479 Å². The highest BCUT2D eigenvalue weighted by atomic mass is 32.1. The quantitative estimate of drug-likeness (QED) is 0.0611. The van der Waals surface area contributed by atoms with Crippen molar-refractivity contribution < 1.29 is 48.5 Å². The average molecular weight is 1190 g/mol. The zero-order valence-electron chi connectivity index (χ0n) is 42.8. The molecule has 9 rings (SSSR count). The number of aliphatic hydroxyl groups excluding tert-OH is 1. The first-order chi connectivity index (χ1) is 38.5. The van der Waals surface area contributed by atoms with Crippen LogP contribution in [0.2, 0.25) is 0 Å². The number of hydrogen-bond donors (Lipinski definition) is 8. The molecule has 10 bridgehead atoms. The maximum atomic E-state index is 14.2. The van der Waals surface area contributed by atoms with Gasteiger partial charge in [0.15, 0.2) is 0 Å². The van der Waals surface area contributed by atoms with Crippen LogP contribution in [0.1, 0.15) is 106 Å². The second kappa shape index (κ2) is 25.0. The van der Waals surface area contributed by atoms with Crippen LogP contribution < -0.4 is 31.9 Å². The summed E-state index contributed by atoms with van der Waals surface area (Å²) in [5.41, 5.74) is 2.22. The van der Waals surface area contributed by atoms with Crippen molar-refractivity contribution in [2.45, 2.75) is 58.0 Å². The fraction of sp³-hybridized carbons (Fsp3) is 0.255. The Morgan fingerprint density at radius 1 is 0.750 bits per heavy atom. The summed E-state index contributed by atoms with van der Waals surface area (Å²) in [6.07, 6.45) is 1.65. The van der Waals surface area contributed by atoms with Crippen LogP contribution in [0.15, 0.2) is 77.0 Å². The van der Waals surface area contributed by atoms with E-state index in [2.05, 4.69) is 46.9 Å². The van der Waals surface area contributed by atoms with Crippen LogP contribution >= 0.6 is 68.0 Å². The fourth-order valence-corrected chi connectivity index (χ4v) is 13.6. The van der Waals surface area contributed by atoms with Gasteiger partial charge in [0.2, 0.25) is 17.7 Å². The molecule has 1 aliphatic rings. The summed E-state index contributed by atoms with van der Waals surface area (Å²) >= 11 is 7.02. The molecule has 0 saturated heterocycles. The predicted molar refractivity (Wildman–Crippen MR) is 302 cm³/mol. The smallest absolute Gasteiger partial charge is 0.328 e. The number of carboxylic acid groups (broad SMARTS) is 1. The first-order valence-corrected chi connectivity index (χ1v) is 29.2. The van der Waals surface area contributed by atoms with Gasteiger partial charge in [-0.15, -0.1) is 68.0 Å². The van der Waals surface area contributed by atoms with Crippen LogP contribution in [0.3, 0.4) is 0 Å². The second-order valence-corrected chi connectivity index (χ2v) is 23.8. The molecule has 8 aromatic rings. The van der Waals surface area contributed by atoms with Crippen molar-refractivity contribution in [1.29, 1.82) is 0 Å². The van der Waals surface area contributed by atoms with Crippen LogP contribution in [-0.4, -0.2) is 107 Å². The molecule has 1 aromatic carbocycles. The number of methoxy groups -OCH3 is 1. The minimum absolute atomic E-state index is 0.00340. The monoisotopic (exact) mass is 1190 g/mol. The number of aryl methyl sites for hydroxylation is 1. The van der Waals surface area contributed by atoms with E-state index in [4.69, 9.17) is 29.8 Å². The Bertz CT molecular complexity index is 3680. The molecule has 0 spiro atoms. The molecule has 29 heteroatoms. The van der Waals surface area contributed by atoms with Gasteiger partial charge in [0.25, 0.3) is 17.7 Å². The van der Waals surface area contributed by atoms with E-state index in [1.54, 1.807) is 71.7 Å². The van der Waals surface area contributed by atoms with Crippen LogP contribution in [0.5, 0.6) is 0 Å². The molecule has 6 amide bonds. The number of thiazole rings is 6. The number of aliphatic hydroxyl groups is 1. The van der Waals surface area contributed by atoms with Crippen molar-refractivity contribution in [1.82, 2.24) is 61.5 Å². The third-order valence-corrected chi connectivity index (χ3v) is 17.8. The number of hydrogen-bond acceptors (Lipinski definition) is 22. The molecule has 0 unspecified atom stereocenters. The fourth-order valence-electron chi connectivity index (χ4n) is 7.95. The molecule has 0 fully saturated rings. The number of nitrogens with zero attached hydrogens (tertiary/aromatic N) is 7. The van der Waals surface area contributed by atoms with Gasteiger partial charge in [-0.1, -0.05) is 44.2 Å². The van der Waals surface area contributed by atoms with Crippen molar-refractivity contribution in [2.75, 3.05) is 26.0 Å². The van der Waals surface area contributed by atoms with Crippen LogP contribution in [-0.2, 0) is 30.5 Å². The standard InChI is InChI=1S/C51H47N13O10S6/c1-22(2)37-51-64-40(31(80-51)18-74-5)44(72)53-17-35(67)61-41(42(70)24-9-7-6-8-10-24)50-58-29(20-76-50)47-54-16-30(79-47)39-25(11-12-26(55-39)48-60-32(21-77-48)59-33(65)13-14-36(68)69)46-57-28(19-75-46)43(71)56-27(15-34(66)52-4)49-63-38(23(3)78-49)45(73)62-37/h6-14,16,19-22,27,37,41-42,70H,15,17-18H2,1-5H3,(H,52,66)(H,53,72)(H,56,71)(H,59,65)(H,61,67)(H,62,73)(H,68,69)/b14-13-/t27-,37-,41-,42-/m0/s1. The van der Waals surface area contributed by atoms with E-state index in [0.29, 0.717) is 74.0 Å². The summed E-state index contributed by atoms with van der Waals surface area (Å²) in [4.78, 5) is 127. The van der Waals surface area contributed by atoms with Gasteiger partial charge in [0.1, 0.15) is 70.8 Å². The average Bonchev–Trinajstić information content (AvgIpc) is 4.33. The van der Waals surface area contributed by atoms with Gasteiger partial charge in [-0.05, 0) is 30.5 Å². The molecule has 0 aliphatic carbocycles. The summed E-state index contributed by atoms with van der Waals surface area (Å²) in [6.45, 7) is 4.92. The number of carboxylic acids is 1. The van der Waals surface area contributed by atoms with Crippen molar-refractivity contribution in [3.8, 4) is 42.5 Å². The van der Waals surface area contributed by atoms with Crippen molar-refractivity contribution in [2.24, 2.45) is 5.92 Å². The summed E-state index contributed by atoms with van der Waals surface area (Å²) < 4.78 is 5.43. The van der Waals surface area contributed by atoms with E-state index in [-0.39, 0.29) is 46.9 Å². The van der Waals surface area contributed by atoms with Gasteiger partial charge in [0, 0.05) is 59.1 Å². The maximum absolute atomic E-state index is 14.2. The van der Waals surface area contributed by atoms with E-state index < -0.39 is 72.2 Å². The van der Waals surface area contributed by atoms with Crippen LogP contribution in [0.25, 0.3) is 42.5 Å². The number of fused-ring (bicyclic) bond motifs is 14. The van der Waals surface area contributed by atoms with Crippen molar-refractivity contribution in [3.63, 3.8) is 0 Å². The van der Waals surface area contributed by atoms with Crippen LogP contribution in [0.4, 0.5) is 5.82 Å². The molecular formula is C51H47N13O10S6. The number of benzene rings is 1. The van der Waals surface area contributed by atoms with Gasteiger partial charge in [-0.3, -0.25) is 28.8 Å². The van der Waals surface area contributed by atoms with E-state index in [9.17, 15) is 38.7 Å². The summed E-state index contributed by atoms with van der Waals surface area (Å²) in [7, 11) is 2.92. The van der Waals surface area contributed by atoms with Gasteiger partial charge in [-0.25, -0.2) is 39.7 Å². The number of anilines is 1. The SMILES string of the molecule is CNC(=O)C[C@@H]1NC(=O)c2csc(n2)-c2ccc(-c3nc(NC(=O)/C=C\C(=O)O)cs3)nc2-c2cnc(s2)-c2csc(n2)[C@H]([C@@H](O)c2ccccc2)NC(=O)CNC(=O)c2nc(sc2COC)[C@H](C(C)C)NC(=O)c2nc1sc2C. The Balaban J connectivity index is 1.13. The first-order valence-electron chi connectivity index (χ1n) is 24.1. The number of carbonyl (C=O) groups is 7. The number of carbonyl (C=O) groups excluding carboxylic acids is 6. The lowest BCUT2D eigenvalue weighted by Gasteiger charge is -2.23. The molecule has 0 saturated carbocycles. The number of ether oxygens (including phenoxy) is 1. The Morgan fingerprint density at radius 3 is 2.26 bits per heavy atom. The lowest BCUT2D eigenvalue weighted by Crippen LogP contribution is -2.40. The zero-order valence-corrected chi connectivity index (χ0v) is 47.7. The van der Waals surface area contributed by atoms with Gasteiger partial charge < -0.3 is 46.9 Å². The molecule has 0 radical (unpaired) electrons. The van der Waals surface area contributed by atoms with E-state index in [0.717, 1.165) is 40.1 Å². The minimum Gasteiger partial charge on any atom is -0.478 e. The number of amides is 6. The number of aliphatic carboxylic acids is 1. The normalized spacial score (nSPS) is 16.6. The van der Waals surface area contributed by atoms with E-state index in [1.165, 1.54) is 48.2 Å². The Kier molecular flexibility index (Phi) is 17.8. The summed E-state index contributed by atoms with van der Waals surface area (Å²) in [5, 5.41) is 44.5. The molecular weight excluding hydrogens is 1150 g/mol. The predicted octanol–water partition coefficient (Wildman–Crippen LogP) is 6.89. The molecule has 8 heterocycles. The minimum atomic E-state index is -1.29. The molecule has 23 nitrogen and oxygen atoms in total. The summed E-state index contributed by atoms with van der Waals surface area (Å²) in [5.74, 6) is -5.02. The van der Waals surface area contributed by atoms with Crippen LogP contribution in [0, 0.1) is 12.8 Å². The lowest BCUT2D eigenvalue weighted by molar-refractivity contribution is -0.131.